The summed E-state index contributed by atoms with van der Waals surface area (Å²) in [6, 6.07) is 25.9. The van der Waals surface area contributed by atoms with Gasteiger partial charge in [-0.1, -0.05) is 36.4 Å². The van der Waals surface area contributed by atoms with Gasteiger partial charge in [0.25, 0.3) is 5.91 Å². The molecule has 4 N–H and O–H groups in total. The molecule has 2 saturated heterocycles. The van der Waals surface area contributed by atoms with Gasteiger partial charge in [0.1, 0.15) is 23.1 Å². The van der Waals surface area contributed by atoms with Crippen LogP contribution in [0, 0.1) is 13.8 Å². The SMILES string of the molecule is Cc1ccc2c(N3CCN(C(=O)[C@H](O)C(F)(F)F)CC3)nc(-c3ccccc3O)nc2c1.Cc1ccc2c(N3CCNCC3)nc(-c3ccccc3O)nc2c1. The Labute approximate surface area is 320 Å². The van der Waals surface area contributed by atoms with E-state index in [9.17, 15) is 33.3 Å². The van der Waals surface area contributed by atoms with Gasteiger partial charge in [-0.25, -0.2) is 19.9 Å². The van der Waals surface area contributed by atoms with Gasteiger partial charge in [-0.3, -0.25) is 4.79 Å². The maximum Gasteiger partial charge on any atom is 0.423 e. The molecule has 0 unspecified atom stereocenters. The lowest BCUT2D eigenvalue weighted by Crippen LogP contribution is -2.54. The van der Waals surface area contributed by atoms with Crippen LogP contribution in [0.25, 0.3) is 44.6 Å². The van der Waals surface area contributed by atoms with Crippen molar-refractivity contribution in [2.45, 2.75) is 26.1 Å². The van der Waals surface area contributed by atoms with Crippen molar-refractivity contribution >= 4 is 39.3 Å². The monoisotopic (exact) mass is 766 g/mol. The van der Waals surface area contributed by atoms with Crippen LogP contribution in [0.3, 0.4) is 0 Å². The van der Waals surface area contributed by atoms with E-state index in [-0.39, 0.29) is 37.7 Å². The highest BCUT2D eigenvalue weighted by molar-refractivity contribution is 5.93. The smallest absolute Gasteiger partial charge is 0.423 e. The number of anilines is 2. The number of carbonyl (C=O) groups is 1. The molecule has 4 aromatic carbocycles. The first-order valence-corrected chi connectivity index (χ1v) is 18.2. The second-order valence-electron chi connectivity index (χ2n) is 13.8. The number of phenols is 2. The number of rotatable bonds is 5. The fourth-order valence-electron chi connectivity index (χ4n) is 6.82. The zero-order chi connectivity index (χ0) is 39.6. The number of para-hydroxylation sites is 2. The normalized spacial score (nSPS) is 15.4. The molecule has 0 spiro atoms. The molecule has 0 bridgehead atoms. The second kappa shape index (κ2) is 16.0. The number of nitrogens with zero attached hydrogens (tertiary/aromatic N) is 7. The van der Waals surface area contributed by atoms with E-state index in [0.717, 1.165) is 64.3 Å². The molecule has 1 amide bonds. The van der Waals surface area contributed by atoms with Crippen LogP contribution in [-0.4, -0.2) is 111 Å². The van der Waals surface area contributed by atoms with Gasteiger partial charge in [-0.05, 0) is 73.5 Å². The summed E-state index contributed by atoms with van der Waals surface area (Å²) in [6.45, 7) is 8.20. The average Bonchev–Trinajstić information content (AvgIpc) is 3.20. The van der Waals surface area contributed by atoms with Crippen LogP contribution in [0.4, 0.5) is 24.8 Å². The Balaban J connectivity index is 0.000000178. The van der Waals surface area contributed by atoms with Gasteiger partial charge in [0.2, 0.25) is 6.10 Å². The molecule has 0 aliphatic carbocycles. The Morgan fingerprint density at radius 2 is 1.11 bits per heavy atom. The van der Waals surface area contributed by atoms with Gasteiger partial charge < -0.3 is 35.3 Å². The molecule has 2 aliphatic heterocycles. The molecule has 2 fully saturated rings. The number of hydrogen-bond acceptors (Lipinski definition) is 11. The average molecular weight is 767 g/mol. The first-order valence-electron chi connectivity index (χ1n) is 18.2. The summed E-state index contributed by atoms with van der Waals surface area (Å²) in [5.74, 6) is 1.28. The Hall–Kier alpha value is -6.06. The van der Waals surface area contributed by atoms with E-state index in [1.807, 2.05) is 42.2 Å². The zero-order valence-corrected chi connectivity index (χ0v) is 30.8. The number of fused-ring (bicyclic) bond motifs is 2. The van der Waals surface area contributed by atoms with E-state index in [2.05, 4.69) is 45.3 Å². The molecule has 4 heterocycles. The molecule has 2 aromatic heterocycles. The Morgan fingerprint density at radius 3 is 1.55 bits per heavy atom. The third-order valence-corrected chi connectivity index (χ3v) is 9.81. The quantitative estimate of drug-likeness (QED) is 0.174. The first kappa shape index (κ1) is 38.2. The van der Waals surface area contributed by atoms with Crippen molar-refractivity contribution < 1.29 is 33.3 Å². The van der Waals surface area contributed by atoms with E-state index in [0.29, 0.717) is 34.1 Å². The number of piperazine rings is 2. The highest BCUT2D eigenvalue weighted by Crippen LogP contribution is 2.34. The van der Waals surface area contributed by atoms with Gasteiger partial charge in [0.15, 0.2) is 11.6 Å². The molecule has 0 radical (unpaired) electrons. The number of nitrogens with one attached hydrogen (secondary N) is 1. The summed E-state index contributed by atoms with van der Waals surface area (Å²) >= 11 is 0. The number of aromatic hydroxyl groups is 2. The van der Waals surface area contributed by atoms with Crippen molar-refractivity contribution in [3.05, 3.63) is 96.1 Å². The van der Waals surface area contributed by atoms with Crippen molar-refractivity contribution in [1.29, 1.82) is 0 Å². The Kier molecular flexibility index (Phi) is 10.9. The molecule has 290 valence electrons. The standard InChI is InChI=1S/C22H21F3N4O3.C19H20N4O/c1-13-6-7-14-16(12-13)26-19(15-4-2-3-5-17(15)30)27-20(14)28-8-10-29(11-9-28)21(32)18(31)22(23,24)25;1-13-6-7-14-16(12-13)21-18(15-4-2-3-5-17(15)24)22-19(14)23-10-8-20-9-11-23/h2-7,12,18,30-31H,8-11H2,1H3;2-7,12,20,24H,8-11H2,1H3/t18-;/m0./s1. The minimum atomic E-state index is -5.00. The molecule has 2 aliphatic rings. The minimum Gasteiger partial charge on any atom is -0.507 e. The molecule has 6 aromatic rings. The van der Waals surface area contributed by atoms with Gasteiger partial charge in [0.05, 0.1) is 22.2 Å². The van der Waals surface area contributed by atoms with Gasteiger partial charge in [-0.2, -0.15) is 13.2 Å². The summed E-state index contributed by atoms with van der Waals surface area (Å²) in [4.78, 5) is 35.9. The predicted molar refractivity (Wildman–Crippen MR) is 209 cm³/mol. The predicted octanol–water partition coefficient (Wildman–Crippen LogP) is 5.60. The van der Waals surface area contributed by atoms with Crippen molar-refractivity contribution in [3.63, 3.8) is 0 Å². The molecule has 8 rings (SSSR count). The van der Waals surface area contributed by atoms with Crippen LogP contribution >= 0.6 is 0 Å². The number of hydrogen-bond donors (Lipinski definition) is 4. The van der Waals surface area contributed by atoms with Crippen molar-refractivity contribution in [3.8, 4) is 34.3 Å². The van der Waals surface area contributed by atoms with Crippen LogP contribution in [0.5, 0.6) is 11.5 Å². The van der Waals surface area contributed by atoms with E-state index < -0.39 is 18.2 Å². The van der Waals surface area contributed by atoms with Crippen LogP contribution in [-0.2, 0) is 4.79 Å². The summed E-state index contributed by atoms with van der Waals surface area (Å²) in [7, 11) is 0. The molecular weight excluding hydrogens is 725 g/mol. The molecular formula is C41H41F3N8O4. The first-order chi connectivity index (χ1) is 26.9. The van der Waals surface area contributed by atoms with E-state index >= 15 is 0 Å². The summed E-state index contributed by atoms with van der Waals surface area (Å²) in [6.07, 6.45) is -8.02. The number of benzene rings is 4. The largest absolute Gasteiger partial charge is 0.507 e. The van der Waals surface area contributed by atoms with Crippen LogP contribution in [0.15, 0.2) is 84.9 Å². The maximum absolute atomic E-state index is 12.7. The highest BCUT2D eigenvalue weighted by Gasteiger charge is 2.46. The molecule has 15 heteroatoms. The highest BCUT2D eigenvalue weighted by atomic mass is 19.4. The number of halogens is 3. The second-order valence-corrected chi connectivity index (χ2v) is 13.8. The van der Waals surface area contributed by atoms with Crippen molar-refractivity contribution in [2.75, 3.05) is 62.2 Å². The number of phenolic OH excluding ortho intramolecular Hbond substituents is 2. The topological polar surface area (TPSA) is 151 Å². The number of aliphatic hydroxyl groups is 1. The van der Waals surface area contributed by atoms with Crippen molar-refractivity contribution in [1.82, 2.24) is 30.2 Å². The van der Waals surface area contributed by atoms with Crippen LogP contribution in [0.2, 0.25) is 0 Å². The number of alkyl halides is 3. The number of aliphatic hydroxyl groups excluding tert-OH is 1. The van der Waals surface area contributed by atoms with Gasteiger partial charge in [0, 0.05) is 63.1 Å². The zero-order valence-electron chi connectivity index (χ0n) is 30.8. The summed E-state index contributed by atoms with van der Waals surface area (Å²) in [5, 5.41) is 34.9. The summed E-state index contributed by atoms with van der Waals surface area (Å²) < 4.78 is 38.1. The third-order valence-electron chi connectivity index (χ3n) is 9.81. The third kappa shape index (κ3) is 8.14. The Bertz CT molecular complexity index is 2380. The lowest BCUT2D eigenvalue weighted by Gasteiger charge is -2.36. The van der Waals surface area contributed by atoms with Gasteiger partial charge in [-0.15, -0.1) is 0 Å². The van der Waals surface area contributed by atoms with E-state index in [1.54, 1.807) is 30.3 Å². The maximum atomic E-state index is 12.7. The van der Waals surface area contributed by atoms with Gasteiger partial charge >= 0.3 is 6.18 Å². The molecule has 12 nitrogen and oxygen atoms in total. The van der Waals surface area contributed by atoms with Crippen LogP contribution in [0.1, 0.15) is 11.1 Å². The number of aryl methyl sites for hydroxylation is 2. The van der Waals surface area contributed by atoms with E-state index in [4.69, 9.17) is 9.97 Å². The fourth-order valence-corrected chi connectivity index (χ4v) is 6.82. The van der Waals surface area contributed by atoms with Crippen LogP contribution < -0.4 is 15.1 Å². The number of amides is 1. The Morgan fingerprint density at radius 1 is 0.661 bits per heavy atom. The summed E-state index contributed by atoms with van der Waals surface area (Å²) in [5.41, 5.74) is 4.85. The number of aromatic nitrogens is 4. The minimum absolute atomic E-state index is 0.00918. The van der Waals surface area contributed by atoms with Crippen molar-refractivity contribution in [2.24, 2.45) is 0 Å². The molecule has 1 atom stereocenters. The number of carbonyl (C=O) groups excluding carboxylic acids is 1. The molecule has 0 saturated carbocycles. The lowest BCUT2D eigenvalue weighted by atomic mass is 10.1. The fraction of sp³-hybridized carbons (Fsp3) is 0.293. The van der Waals surface area contributed by atoms with E-state index in [1.165, 1.54) is 6.07 Å². The lowest BCUT2D eigenvalue weighted by molar-refractivity contribution is -0.210. The molecule has 56 heavy (non-hydrogen) atoms.